The van der Waals surface area contributed by atoms with Crippen molar-refractivity contribution >= 4 is 5.91 Å². The van der Waals surface area contributed by atoms with Crippen molar-refractivity contribution in [3.8, 4) is 0 Å². The highest BCUT2D eigenvalue weighted by atomic mass is 19.4. The molecule has 1 aliphatic carbocycles. The van der Waals surface area contributed by atoms with Crippen molar-refractivity contribution in [2.24, 2.45) is 5.92 Å². The van der Waals surface area contributed by atoms with Crippen molar-refractivity contribution < 1.29 is 22.4 Å². The van der Waals surface area contributed by atoms with Gasteiger partial charge in [0, 0.05) is 19.2 Å². The number of hydrogen-bond donors (Lipinski definition) is 0. The van der Waals surface area contributed by atoms with Gasteiger partial charge in [-0.15, -0.1) is 0 Å². The molecule has 3 rings (SSSR count). The summed E-state index contributed by atoms with van der Waals surface area (Å²) in [7, 11) is 1.58. The molecular weight excluding hydrogens is 323 g/mol. The molecule has 0 saturated heterocycles. The van der Waals surface area contributed by atoms with E-state index in [2.05, 4.69) is 12.0 Å². The molecule has 1 fully saturated rings. The van der Waals surface area contributed by atoms with Crippen LogP contribution in [-0.2, 0) is 24.1 Å². The predicted molar refractivity (Wildman–Crippen MR) is 78.9 cm³/mol. The minimum atomic E-state index is -4.51. The van der Waals surface area contributed by atoms with Crippen LogP contribution in [0.25, 0.3) is 0 Å². The Balaban J connectivity index is 1.56. The minimum Gasteiger partial charge on any atom is -0.464 e. The fraction of sp³-hybridized carbons (Fsp3) is 0.500. The van der Waals surface area contributed by atoms with Gasteiger partial charge in [-0.1, -0.05) is 6.92 Å². The van der Waals surface area contributed by atoms with E-state index >= 15 is 0 Å². The largest absolute Gasteiger partial charge is 0.464 e. The van der Waals surface area contributed by atoms with E-state index in [1.165, 1.54) is 4.90 Å². The van der Waals surface area contributed by atoms with Crippen LogP contribution in [-0.4, -0.2) is 27.6 Å². The SMILES string of the molecule is CC1CC1c1ccc(CN(C)C(=O)Cn2ccc(C(F)(F)F)n2)o1. The van der Waals surface area contributed by atoms with Gasteiger partial charge in [-0.05, 0) is 30.5 Å². The Bertz CT molecular complexity index is 735. The summed E-state index contributed by atoms with van der Waals surface area (Å²) in [5.74, 6) is 2.34. The predicted octanol–water partition coefficient (Wildman–Crippen LogP) is 3.28. The summed E-state index contributed by atoms with van der Waals surface area (Å²) in [5, 5.41) is 3.38. The first-order valence-electron chi connectivity index (χ1n) is 7.67. The monoisotopic (exact) mass is 341 g/mol. The van der Waals surface area contributed by atoms with Crippen molar-refractivity contribution in [3.63, 3.8) is 0 Å². The topological polar surface area (TPSA) is 51.3 Å². The fourth-order valence-electron chi connectivity index (χ4n) is 2.58. The van der Waals surface area contributed by atoms with Gasteiger partial charge in [-0.3, -0.25) is 9.48 Å². The maximum absolute atomic E-state index is 12.5. The second kappa shape index (κ2) is 5.99. The van der Waals surface area contributed by atoms with E-state index < -0.39 is 11.9 Å². The number of likely N-dealkylation sites (N-methyl/N-ethyl adjacent to an activating group) is 1. The van der Waals surface area contributed by atoms with E-state index in [0.29, 0.717) is 17.6 Å². The first-order chi connectivity index (χ1) is 11.2. The third kappa shape index (κ3) is 3.63. The van der Waals surface area contributed by atoms with Crippen molar-refractivity contribution in [2.45, 2.75) is 38.5 Å². The molecule has 2 heterocycles. The van der Waals surface area contributed by atoms with E-state index in [0.717, 1.165) is 29.1 Å². The summed E-state index contributed by atoms with van der Waals surface area (Å²) in [4.78, 5) is 13.5. The highest BCUT2D eigenvalue weighted by Gasteiger charge is 2.36. The lowest BCUT2D eigenvalue weighted by Gasteiger charge is -2.15. The van der Waals surface area contributed by atoms with Gasteiger partial charge in [0.2, 0.25) is 5.91 Å². The maximum atomic E-state index is 12.5. The smallest absolute Gasteiger partial charge is 0.435 e. The van der Waals surface area contributed by atoms with Crippen molar-refractivity contribution in [3.05, 3.63) is 41.6 Å². The molecule has 1 aliphatic rings. The molecule has 2 aromatic heterocycles. The second-order valence-electron chi connectivity index (χ2n) is 6.27. The van der Waals surface area contributed by atoms with Gasteiger partial charge >= 0.3 is 6.18 Å². The van der Waals surface area contributed by atoms with E-state index in [4.69, 9.17) is 4.42 Å². The zero-order valence-corrected chi connectivity index (χ0v) is 13.4. The molecular formula is C16H18F3N3O2. The molecule has 0 N–H and O–H groups in total. The van der Waals surface area contributed by atoms with Crippen LogP contribution in [0.1, 0.15) is 36.5 Å². The van der Waals surface area contributed by atoms with Crippen LogP contribution in [0, 0.1) is 5.92 Å². The third-order valence-electron chi connectivity index (χ3n) is 4.20. The number of furan rings is 1. The molecule has 2 atom stereocenters. The number of carbonyl (C=O) groups is 1. The maximum Gasteiger partial charge on any atom is 0.435 e. The van der Waals surface area contributed by atoms with Crippen molar-refractivity contribution in [2.75, 3.05) is 7.05 Å². The van der Waals surface area contributed by atoms with E-state index in [-0.39, 0.29) is 19.0 Å². The lowest BCUT2D eigenvalue weighted by Crippen LogP contribution is -2.30. The third-order valence-corrected chi connectivity index (χ3v) is 4.20. The summed E-state index contributed by atoms with van der Waals surface area (Å²) < 4.78 is 44.2. The number of nitrogens with zero attached hydrogens (tertiary/aromatic N) is 3. The number of carbonyl (C=O) groups excluding carboxylic acids is 1. The van der Waals surface area contributed by atoms with Crippen molar-refractivity contribution in [1.29, 1.82) is 0 Å². The van der Waals surface area contributed by atoms with E-state index in [9.17, 15) is 18.0 Å². The molecule has 0 spiro atoms. The summed E-state index contributed by atoms with van der Waals surface area (Å²) in [6.07, 6.45) is -2.25. The second-order valence-corrected chi connectivity index (χ2v) is 6.27. The molecule has 1 saturated carbocycles. The lowest BCUT2D eigenvalue weighted by molar-refractivity contribution is -0.142. The molecule has 0 aliphatic heterocycles. The number of aromatic nitrogens is 2. The van der Waals surface area contributed by atoms with Crippen LogP contribution in [0.15, 0.2) is 28.8 Å². The summed E-state index contributed by atoms with van der Waals surface area (Å²) >= 11 is 0. The van der Waals surface area contributed by atoms with Gasteiger partial charge in [-0.25, -0.2) is 0 Å². The molecule has 0 radical (unpaired) electrons. The highest BCUT2D eigenvalue weighted by molar-refractivity contribution is 5.75. The lowest BCUT2D eigenvalue weighted by atomic mass is 10.3. The fourth-order valence-corrected chi connectivity index (χ4v) is 2.58. The summed E-state index contributed by atoms with van der Waals surface area (Å²) in [6.45, 7) is 2.18. The molecule has 2 aromatic rings. The normalized spacial score (nSPS) is 20.2. The first kappa shape index (κ1) is 16.6. The molecule has 8 heteroatoms. The first-order valence-corrected chi connectivity index (χ1v) is 7.67. The number of amides is 1. The van der Waals surface area contributed by atoms with Gasteiger partial charge in [0.1, 0.15) is 18.1 Å². The number of halogens is 3. The Morgan fingerprint density at radius 2 is 2.12 bits per heavy atom. The van der Waals surface area contributed by atoms with Crippen molar-refractivity contribution in [1.82, 2.24) is 14.7 Å². The number of alkyl halides is 3. The van der Waals surface area contributed by atoms with Crippen LogP contribution in [0.5, 0.6) is 0 Å². The number of hydrogen-bond acceptors (Lipinski definition) is 3. The molecule has 0 aromatic carbocycles. The molecule has 5 nitrogen and oxygen atoms in total. The van der Waals surface area contributed by atoms with E-state index in [1.807, 2.05) is 12.1 Å². The average Bonchev–Trinajstić information content (AvgIpc) is 2.92. The average molecular weight is 341 g/mol. The van der Waals surface area contributed by atoms with Crippen LogP contribution < -0.4 is 0 Å². The van der Waals surface area contributed by atoms with Crippen LogP contribution in [0.4, 0.5) is 13.2 Å². The molecule has 0 bridgehead atoms. The summed E-state index contributed by atoms with van der Waals surface area (Å²) in [5.41, 5.74) is -1.01. The van der Waals surface area contributed by atoms with Gasteiger partial charge in [-0.2, -0.15) is 18.3 Å². The highest BCUT2D eigenvalue weighted by Crippen LogP contribution is 2.47. The summed E-state index contributed by atoms with van der Waals surface area (Å²) in [6, 6.07) is 4.60. The Labute approximate surface area is 137 Å². The quantitative estimate of drug-likeness (QED) is 0.839. The van der Waals surface area contributed by atoms with Gasteiger partial charge in [0.25, 0.3) is 0 Å². The Kier molecular flexibility index (Phi) is 4.15. The number of rotatable bonds is 5. The van der Waals surface area contributed by atoms with Crippen LogP contribution in [0.3, 0.4) is 0 Å². The minimum absolute atomic E-state index is 0.250. The van der Waals surface area contributed by atoms with Crippen LogP contribution >= 0.6 is 0 Å². The molecule has 130 valence electrons. The molecule has 1 amide bonds. The Morgan fingerprint density at radius 1 is 1.42 bits per heavy atom. The standard InChI is InChI=1S/C16H18F3N3O2/c1-10-7-12(10)13-4-3-11(24-13)8-21(2)15(23)9-22-6-5-14(20-22)16(17,18)19/h3-6,10,12H,7-9H2,1-2H3. The molecule has 2 unspecified atom stereocenters. The Hall–Kier alpha value is -2.25. The van der Waals surface area contributed by atoms with Crippen LogP contribution in [0.2, 0.25) is 0 Å². The van der Waals surface area contributed by atoms with E-state index in [1.54, 1.807) is 7.05 Å². The van der Waals surface area contributed by atoms with Gasteiger partial charge < -0.3 is 9.32 Å². The zero-order chi connectivity index (χ0) is 17.5. The van der Waals surface area contributed by atoms with Gasteiger partial charge in [0.15, 0.2) is 5.69 Å². The molecule has 24 heavy (non-hydrogen) atoms. The zero-order valence-electron chi connectivity index (χ0n) is 13.4. The van der Waals surface area contributed by atoms with Gasteiger partial charge in [0.05, 0.1) is 6.54 Å². The Morgan fingerprint density at radius 3 is 2.71 bits per heavy atom.